The van der Waals surface area contributed by atoms with Gasteiger partial charge in [-0.1, -0.05) is 6.07 Å². The Labute approximate surface area is 119 Å². The van der Waals surface area contributed by atoms with Gasteiger partial charge in [0.05, 0.1) is 5.56 Å². The zero-order valence-electron chi connectivity index (χ0n) is 10.7. The number of hydrogen-bond donors (Lipinski definition) is 1. The van der Waals surface area contributed by atoms with Crippen molar-refractivity contribution in [1.29, 1.82) is 0 Å². The standard InChI is InChI=1S/C16H11FO2S/c1-9-2-4-11(17)7-12(9)14-8-20-15-5-3-10(16(18)19)6-13(14)15/h2-8H,1H3,(H,18,19). The molecule has 20 heavy (non-hydrogen) atoms. The summed E-state index contributed by atoms with van der Waals surface area (Å²) in [5.41, 5.74) is 2.89. The van der Waals surface area contributed by atoms with Crippen LogP contribution in [0.2, 0.25) is 0 Å². The summed E-state index contributed by atoms with van der Waals surface area (Å²) in [5, 5.41) is 11.9. The van der Waals surface area contributed by atoms with Gasteiger partial charge in [0.1, 0.15) is 5.82 Å². The van der Waals surface area contributed by atoms with Crippen LogP contribution in [0.5, 0.6) is 0 Å². The minimum atomic E-state index is -0.958. The number of carboxylic acids is 1. The minimum Gasteiger partial charge on any atom is -0.478 e. The Bertz CT molecular complexity index is 820. The van der Waals surface area contributed by atoms with Crippen LogP contribution in [0.3, 0.4) is 0 Å². The fourth-order valence-electron chi connectivity index (χ4n) is 2.26. The molecule has 1 heterocycles. The Balaban J connectivity index is 2.28. The summed E-state index contributed by atoms with van der Waals surface area (Å²) in [7, 11) is 0. The van der Waals surface area contributed by atoms with Crippen molar-refractivity contribution in [3.05, 3.63) is 58.7 Å². The van der Waals surface area contributed by atoms with Crippen LogP contribution >= 0.6 is 11.3 Å². The van der Waals surface area contributed by atoms with Gasteiger partial charge < -0.3 is 5.11 Å². The molecule has 0 saturated carbocycles. The van der Waals surface area contributed by atoms with Crippen LogP contribution in [0.25, 0.3) is 21.2 Å². The molecule has 3 rings (SSSR count). The molecule has 2 nitrogen and oxygen atoms in total. The van der Waals surface area contributed by atoms with Crippen molar-refractivity contribution >= 4 is 27.4 Å². The number of thiophene rings is 1. The van der Waals surface area contributed by atoms with Crippen molar-refractivity contribution < 1.29 is 14.3 Å². The molecule has 1 N–H and O–H groups in total. The highest BCUT2D eigenvalue weighted by Crippen LogP contribution is 2.36. The molecule has 4 heteroatoms. The molecule has 0 aliphatic carbocycles. The molecule has 0 bridgehead atoms. The smallest absolute Gasteiger partial charge is 0.335 e. The van der Waals surface area contributed by atoms with Crippen molar-refractivity contribution in [1.82, 2.24) is 0 Å². The highest BCUT2D eigenvalue weighted by molar-refractivity contribution is 7.17. The first-order valence-corrected chi connectivity index (χ1v) is 6.95. The first-order valence-electron chi connectivity index (χ1n) is 6.07. The highest BCUT2D eigenvalue weighted by Gasteiger charge is 2.12. The van der Waals surface area contributed by atoms with E-state index in [0.717, 1.165) is 26.8 Å². The van der Waals surface area contributed by atoms with E-state index in [1.54, 1.807) is 24.3 Å². The van der Waals surface area contributed by atoms with Crippen molar-refractivity contribution in [3.8, 4) is 11.1 Å². The molecule has 1 aromatic heterocycles. The third kappa shape index (κ3) is 2.08. The number of carboxylic acid groups (broad SMARTS) is 1. The molecule has 0 aliphatic rings. The quantitative estimate of drug-likeness (QED) is 0.740. The van der Waals surface area contributed by atoms with E-state index in [1.807, 2.05) is 12.3 Å². The number of hydrogen-bond acceptors (Lipinski definition) is 2. The number of rotatable bonds is 2. The van der Waals surface area contributed by atoms with E-state index in [2.05, 4.69) is 0 Å². The molecule has 0 atom stereocenters. The summed E-state index contributed by atoms with van der Waals surface area (Å²) in [6.45, 7) is 1.92. The van der Waals surface area contributed by atoms with Gasteiger partial charge in [0.25, 0.3) is 0 Å². The maximum Gasteiger partial charge on any atom is 0.335 e. The van der Waals surface area contributed by atoms with Crippen LogP contribution < -0.4 is 0 Å². The van der Waals surface area contributed by atoms with Crippen LogP contribution in [0.4, 0.5) is 4.39 Å². The second-order valence-electron chi connectivity index (χ2n) is 4.62. The summed E-state index contributed by atoms with van der Waals surface area (Å²) in [4.78, 5) is 11.1. The lowest BCUT2D eigenvalue weighted by Crippen LogP contribution is -1.94. The van der Waals surface area contributed by atoms with Gasteiger partial charge in [-0.3, -0.25) is 0 Å². The molecule has 0 saturated heterocycles. The van der Waals surface area contributed by atoms with E-state index in [9.17, 15) is 9.18 Å². The van der Waals surface area contributed by atoms with E-state index >= 15 is 0 Å². The number of aryl methyl sites for hydroxylation is 1. The third-order valence-corrected chi connectivity index (χ3v) is 4.27. The van der Waals surface area contributed by atoms with E-state index in [1.165, 1.54) is 23.5 Å². The van der Waals surface area contributed by atoms with Crippen molar-refractivity contribution in [2.24, 2.45) is 0 Å². The van der Waals surface area contributed by atoms with Gasteiger partial charge in [-0.25, -0.2) is 9.18 Å². The number of benzene rings is 2. The Hall–Kier alpha value is -2.20. The zero-order chi connectivity index (χ0) is 14.3. The van der Waals surface area contributed by atoms with E-state index in [-0.39, 0.29) is 11.4 Å². The van der Waals surface area contributed by atoms with Gasteiger partial charge in [0, 0.05) is 15.6 Å². The Morgan fingerprint density at radius 3 is 2.70 bits per heavy atom. The van der Waals surface area contributed by atoms with E-state index in [4.69, 9.17) is 5.11 Å². The number of carbonyl (C=O) groups is 1. The predicted molar refractivity (Wildman–Crippen MR) is 78.9 cm³/mol. The molecular weight excluding hydrogens is 275 g/mol. The number of fused-ring (bicyclic) bond motifs is 1. The number of halogens is 1. The predicted octanol–water partition coefficient (Wildman–Crippen LogP) is 4.71. The number of aromatic carboxylic acids is 1. The lowest BCUT2D eigenvalue weighted by Gasteiger charge is -2.05. The van der Waals surface area contributed by atoms with Crippen LogP contribution in [-0.2, 0) is 0 Å². The van der Waals surface area contributed by atoms with Crippen LogP contribution in [0, 0.1) is 12.7 Å². The Morgan fingerprint density at radius 1 is 1.15 bits per heavy atom. The van der Waals surface area contributed by atoms with Crippen LogP contribution in [0.1, 0.15) is 15.9 Å². The summed E-state index contributed by atoms with van der Waals surface area (Å²) < 4.78 is 14.5. The van der Waals surface area contributed by atoms with Gasteiger partial charge in [-0.15, -0.1) is 11.3 Å². The molecule has 2 aromatic carbocycles. The minimum absolute atomic E-state index is 0.242. The summed E-state index contributed by atoms with van der Waals surface area (Å²) in [5.74, 6) is -1.25. The van der Waals surface area contributed by atoms with Gasteiger partial charge in [-0.05, 0) is 53.8 Å². The van der Waals surface area contributed by atoms with E-state index in [0.29, 0.717) is 0 Å². The van der Waals surface area contributed by atoms with Gasteiger partial charge in [-0.2, -0.15) is 0 Å². The second-order valence-corrected chi connectivity index (χ2v) is 5.54. The monoisotopic (exact) mass is 286 g/mol. The molecule has 0 amide bonds. The summed E-state index contributed by atoms with van der Waals surface area (Å²) >= 11 is 1.53. The molecule has 0 spiro atoms. The van der Waals surface area contributed by atoms with Crippen molar-refractivity contribution in [2.45, 2.75) is 6.92 Å². The first kappa shape index (κ1) is 12.8. The average molecular weight is 286 g/mol. The fraction of sp³-hybridized carbons (Fsp3) is 0.0625. The fourth-order valence-corrected chi connectivity index (χ4v) is 3.20. The maximum atomic E-state index is 13.5. The topological polar surface area (TPSA) is 37.3 Å². The van der Waals surface area contributed by atoms with Gasteiger partial charge >= 0.3 is 5.97 Å². The van der Waals surface area contributed by atoms with Gasteiger partial charge in [0.15, 0.2) is 0 Å². The molecule has 0 unspecified atom stereocenters. The zero-order valence-corrected chi connectivity index (χ0v) is 11.5. The van der Waals surface area contributed by atoms with E-state index < -0.39 is 5.97 Å². The first-order chi connectivity index (χ1) is 9.56. The maximum absolute atomic E-state index is 13.5. The Morgan fingerprint density at radius 2 is 1.95 bits per heavy atom. The molecular formula is C16H11FO2S. The average Bonchev–Trinajstić information content (AvgIpc) is 2.84. The van der Waals surface area contributed by atoms with Crippen molar-refractivity contribution in [2.75, 3.05) is 0 Å². The van der Waals surface area contributed by atoms with Crippen LogP contribution in [0.15, 0.2) is 41.8 Å². The normalized spacial score (nSPS) is 10.9. The van der Waals surface area contributed by atoms with Gasteiger partial charge in [0.2, 0.25) is 0 Å². The molecule has 0 fully saturated rings. The van der Waals surface area contributed by atoms with Crippen molar-refractivity contribution in [3.63, 3.8) is 0 Å². The largest absolute Gasteiger partial charge is 0.478 e. The molecule has 0 aliphatic heterocycles. The molecule has 3 aromatic rings. The summed E-state index contributed by atoms with van der Waals surface area (Å²) in [6, 6.07) is 9.67. The second kappa shape index (κ2) is 4.72. The molecule has 0 radical (unpaired) electrons. The van der Waals surface area contributed by atoms with Crippen LogP contribution in [-0.4, -0.2) is 11.1 Å². The Kier molecular flexibility index (Phi) is 3.03. The highest BCUT2D eigenvalue weighted by atomic mass is 32.1. The molecule has 100 valence electrons. The lowest BCUT2D eigenvalue weighted by molar-refractivity contribution is 0.0697. The third-order valence-electron chi connectivity index (χ3n) is 3.31. The lowest BCUT2D eigenvalue weighted by atomic mass is 9.99. The SMILES string of the molecule is Cc1ccc(F)cc1-c1csc2ccc(C(=O)O)cc12. The summed E-state index contributed by atoms with van der Waals surface area (Å²) in [6.07, 6.45) is 0.